The largest absolute Gasteiger partial charge is 0.318 e. The first-order valence-corrected chi connectivity index (χ1v) is 9.73. The van der Waals surface area contributed by atoms with Gasteiger partial charge in [-0.25, -0.2) is 14.1 Å². The van der Waals surface area contributed by atoms with Crippen molar-refractivity contribution in [1.29, 1.82) is 0 Å². The summed E-state index contributed by atoms with van der Waals surface area (Å²) >= 11 is 12.2. The van der Waals surface area contributed by atoms with E-state index in [2.05, 4.69) is 15.4 Å². The van der Waals surface area contributed by atoms with E-state index >= 15 is 0 Å². The highest BCUT2D eigenvalue weighted by molar-refractivity contribution is 6.34. The van der Waals surface area contributed by atoms with E-state index in [1.54, 1.807) is 48.5 Å². The highest BCUT2D eigenvalue weighted by atomic mass is 35.5. The lowest BCUT2D eigenvalue weighted by atomic mass is 10.2. The Morgan fingerprint density at radius 2 is 1.70 bits per heavy atom. The molecule has 1 amide bonds. The molecule has 0 saturated carbocycles. The molecule has 0 saturated heterocycles. The van der Waals surface area contributed by atoms with Crippen molar-refractivity contribution >= 4 is 34.8 Å². The summed E-state index contributed by atoms with van der Waals surface area (Å²) in [5, 5.41) is 8.11. The zero-order chi connectivity index (χ0) is 21.3. The van der Waals surface area contributed by atoms with Gasteiger partial charge in [-0.3, -0.25) is 4.79 Å². The number of carbonyl (C=O) groups excluding carboxylic acids is 1. The highest BCUT2D eigenvalue weighted by Crippen LogP contribution is 2.27. The summed E-state index contributed by atoms with van der Waals surface area (Å²) in [7, 11) is 0. The monoisotopic (exact) mass is 440 g/mol. The number of para-hydroxylation sites is 1. The molecule has 8 heteroatoms. The third kappa shape index (κ3) is 4.06. The van der Waals surface area contributed by atoms with E-state index in [0.717, 1.165) is 5.56 Å². The van der Waals surface area contributed by atoms with Crippen LogP contribution in [0.1, 0.15) is 16.2 Å². The maximum absolute atomic E-state index is 13.4. The van der Waals surface area contributed by atoms with Gasteiger partial charge in [0.2, 0.25) is 5.82 Å². The van der Waals surface area contributed by atoms with E-state index in [1.807, 2.05) is 13.0 Å². The summed E-state index contributed by atoms with van der Waals surface area (Å²) in [6, 6.07) is 18.0. The molecule has 3 aromatic carbocycles. The van der Waals surface area contributed by atoms with Gasteiger partial charge in [0.25, 0.3) is 5.91 Å². The van der Waals surface area contributed by atoms with Gasteiger partial charge in [0.05, 0.1) is 16.4 Å². The summed E-state index contributed by atoms with van der Waals surface area (Å²) in [6.45, 7) is 1.84. The molecule has 1 heterocycles. The van der Waals surface area contributed by atoms with Gasteiger partial charge in [-0.15, -0.1) is 5.10 Å². The Kier molecular flexibility index (Phi) is 5.53. The van der Waals surface area contributed by atoms with Crippen LogP contribution < -0.4 is 5.32 Å². The fourth-order valence-electron chi connectivity index (χ4n) is 2.92. The van der Waals surface area contributed by atoms with Gasteiger partial charge in [0.15, 0.2) is 5.82 Å². The third-order valence-corrected chi connectivity index (χ3v) is 5.01. The van der Waals surface area contributed by atoms with E-state index in [1.165, 1.54) is 16.8 Å². The number of hydrogen-bond donors (Lipinski definition) is 1. The first kappa shape index (κ1) is 20.1. The molecule has 5 nitrogen and oxygen atoms in total. The number of hydrogen-bond acceptors (Lipinski definition) is 3. The molecule has 0 spiro atoms. The van der Waals surface area contributed by atoms with Gasteiger partial charge >= 0.3 is 0 Å². The lowest BCUT2D eigenvalue weighted by Crippen LogP contribution is -2.15. The van der Waals surface area contributed by atoms with Gasteiger partial charge in [0, 0.05) is 10.6 Å². The van der Waals surface area contributed by atoms with Crippen molar-refractivity contribution in [2.24, 2.45) is 0 Å². The molecule has 0 aliphatic heterocycles. The molecule has 1 aromatic heterocycles. The van der Waals surface area contributed by atoms with Crippen LogP contribution in [0.3, 0.4) is 0 Å². The molecule has 4 rings (SSSR count). The van der Waals surface area contributed by atoms with Crippen molar-refractivity contribution in [3.8, 4) is 17.1 Å². The molecular formula is C22H15Cl2FN4O. The van der Waals surface area contributed by atoms with Crippen molar-refractivity contribution in [1.82, 2.24) is 14.8 Å². The van der Waals surface area contributed by atoms with Crippen LogP contribution in [0, 0.1) is 12.7 Å². The number of amides is 1. The van der Waals surface area contributed by atoms with Crippen LogP contribution >= 0.6 is 23.2 Å². The minimum Gasteiger partial charge on any atom is -0.318 e. The summed E-state index contributed by atoms with van der Waals surface area (Å²) in [5.41, 5.74) is 2.56. The van der Waals surface area contributed by atoms with Crippen LogP contribution in [0.25, 0.3) is 17.1 Å². The van der Waals surface area contributed by atoms with E-state index < -0.39 is 5.91 Å². The Balaban J connectivity index is 1.77. The summed E-state index contributed by atoms with van der Waals surface area (Å²) in [5.74, 6) is -0.524. The second-order valence-corrected chi connectivity index (χ2v) is 7.38. The maximum Gasteiger partial charge on any atom is 0.295 e. The Morgan fingerprint density at radius 3 is 2.37 bits per heavy atom. The molecule has 0 atom stereocenters. The first-order valence-electron chi connectivity index (χ1n) is 8.98. The number of anilines is 1. The quantitative estimate of drug-likeness (QED) is 0.426. The molecule has 1 N–H and O–H groups in total. The molecule has 0 bridgehead atoms. The minimum absolute atomic E-state index is 0.0522. The highest BCUT2D eigenvalue weighted by Gasteiger charge is 2.20. The zero-order valence-electron chi connectivity index (χ0n) is 15.7. The normalized spacial score (nSPS) is 10.8. The van der Waals surface area contributed by atoms with Crippen LogP contribution in [0.2, 0.25) is 10.0 Å². The van der Waals surface area contributed by atoms with Gasteiger partial charge in [-0.1, -0.05) is 35.3 Å². The van der Waals surface area contributed by atoms with Gasteiger partial charge in [0.1, 0.15) is 5.82 Å². The van der Waals surface area contributed by atoms with Crippen LogP contribution in [0.5, 0.6) is 0 Å². The zero-order valence-corrected chi connectivity index (χ0v) is 17.2. The van der Waals surface area contributed by atoms with E-state index in [9.17, 15) is 9.18 Å². The SMILES string of the molecule is Cc1cccc(Cl)c1NC(=O)c1nc(-c2ccc(Cl)cc2)n(-c2ccc(F)cc2)n1. The van der Waals surface area contributed by atoms with Gasteiger partial charge < -0.3 is 5.32 Å². The number of nitrogens with zero attached hydrogens (tertiary/aromatic N) is 3. The average molecular weight is 441 g/mol. The Bertz CT molecular complexity index is 1140. The van der Waals surface area contributed by atoms with Gasteiger partial charge in [-0.2, -0.15) is 0 Å². The number of rotatable bonds is 4. The second-order valence-electron chi connectivity index (χ2n) is 6.54. The van der Waals surface area contributed by atoms with Gasteiger partial charge in [-0.05, 0) is 67.1 Å². The number of carbonyl (C=O) groups is 1. The predicted octanol–water partition coefficient (Wildman–Crippen LogP) is 5.94. The van der Waals surface area contributed by atoms with Crippen molar-refractivity contribution in [3.63, 3.8) is 0 Å². The van der Waals surface area contributed by atoms with E-state index in [0.29, 0.717) is 32.8 Å². The first-order chi connectivity index (χ1) is 14.4. The van der Waals surface area contributed by atoms with Crippen LogP contribution in [-0.2, 0) is 0 Å². The molecule has 0 fully saturated rings. The Hall–Kier alpha value is -3.22. The molecule has 0 aliphatic carbocycles. The lowest BCUT2D eigenvalue weighted by molar-refractivity contribution is 0.101. The number of nitrogens with one attached hydrogen (secondary N) is 1. The minimum atomic E-state index is -0.512. The molecule has 150 valence electrons. The Labute approximate surface area is 182 Å². The summed E-state index contributed by atoms with van der Waals surface area (Å²) in [6.07, 6.45) is 0. The molecule has 0 radical (unpaired) electrons. The molecule has 0 aliphatic rings. The molecular weight excluding hydrogens is 426 g/mol. The lowest BCUT2D eigenvalue weighted by Gasteiger charge is -2.08. The fraction of sp³-hybridized carbons (Fsp3) is 0.0455. The number of aryl methyl sites for hydroxylation is 1. The molecule has 4 aromatic rings. The standard InChI is InChI=1S/C22H15Cl2FN4O/c1-13-3-2-4-18(24)19(13)26-22(30)20-27-21(14-5-7-15(23)8-6-14)29(28-20)17-11-9-16(25)10-12-17/h2-12H,1H3,(H,26,30). The third-order valence-electron chi connectivity index (χ3n) is 4.44. The Morgan fingerprint density at radius 1 is 1.00 bits per heavy atom. The van der Waals surface area contributed by atoms with Crippen molar-refractivity contribution in [2.45, 2.75) is 6.92 Å². The van der Waals surface area contributed by atoms with E-state index in [-0.39, 0.29) is 11.6 Å². The number of benzene rings is 3. The van der Waals surface area contributed by atoms with Crippen molar-refractivity contribution in [2.75, 3.05) is 5.32 Å². The smallest absolute Gasteiger partial charge is 0.295 e. The topological polar surface area (TPSA) is 59.8 Å². The summed E-state index contributed by atoms with van der Waals surface area (Å²) in [4.78, 5) is 17.3. The van der Waals surface area contributed by atoms with Crippen LogP contribution in [0.15, 0.2) is 66.7 Å². The predicted molar refractivity (Wildman–Crippen MR) is 116 cm³/mol. The number of halogens is 3. The average Bonchev–Trinajstić information content (AvgIpc) is 3.17. The summed E-state index contributed by atoms with van der Waals surface area (Å²) < 4.78 is 14.9. The van der Waals surface area contributed by atoms with E-state index in [4.69, 9.17) is 23.2 Å². The molecule has 30 heavy (non-hydrogen) atoms. The molecule has 0 unspecified atom stereocenters. The van der Waals surface area contributed by atoms with Crippen molar-refractivity contribution in [3.05, 3.63) is 94.0 Å². The van der Waals surface area contributed by atoms with Crippen LogP contribution in [0.4, 0.5) is 10.1 Å². The fourth-order valence-corrected chi connectivity index (χ4v) is 3.31. The maximum atomic E-state index is 13.4. The van der Waals surface area contributed by atoms with Crippen LogP contribution in [-0.4, -0.2) is 20.7 Å². The number of aromatic nitrogens is 3. The van der Waals surface area contributed by atoms with Crippen molar-refractivity contribution < 1.29 is 9.18 Å². The second kappa shape index (κ2) is 8.26.